The lowest BCUT2D eigenvalue weighted by Crippen LogP contribution is -2.25. The van der Waals surface area contributed by atoms with Crippen molar-refractivity contribution in [2.45, 2.75) is 6.54 Å². The van der Waals surface area contributed by atoms with Crippen LogP contribution in [-0.4, -0.2) is 27.7 Å². The standard InChI is InChI=1S/C13H15N5O3/c1-14-9-3-4-12(18(20)21)11(7-9)13(19)15-8-10-5-6-16-17(10)2/h3-7,14H,8H2,1-2H3,(H,15,19). The smallest absolute Gasteiger partial charge is 0.282 e. The van der Waals surface area contributed by atoms with Crippen molar-refractivity contribution < 1.29 is 9.72 Å². The number of nitrogens with one attached hydrogen (secondary N) is 2. The molecule has 0 aliphatic carbocycles. The quantitative estimate of drug-likeness (QED) is 0.638. The molecule has 0 atom stereocenters. The maximum Gasteiger partial charge on any atom is 0.282 e. The van der Waals surface area contributed by atoms with Gasteiger partial charge in [-0.15, -0.1) is 0 Å². The van der Waals surface area contributed by atoms with Gasteiger partial charge in [-0.1, -0.05) is 0 Å². The molecule has 1 heterocycles. The van der Waals surface area contributed by atoms with Gasteiger partial charge in [0.15, 0.2) is 0 Å². The first-order valence-electron chi connectivity index (χ1n) is 6.24. The predicted molar refractivity (Wildman–Crippen MR) is 77.0 cm³/mol. The topological polar surface area (TPSA) is 102 Å². The van der Waals surface area contributed by atoms with Gasteiger partial charge in [-0.05, 0) is 18.2 Å². The Morgan fingerprint density at radius 1 is 1.43 bits per heavy atom. The number of benzene rings is 1. The molecule has 0 saturated heterocycles. The normalized spacial score (nSPS) is 10.2. The molecule has 0 fully saturated rings. The van der Waals surface area contributed by atoms with E-state index in [1.54, 1.807) is 37.1 Å². The minimum Gasteiger partial charge on any atom is -0.388 e. The van der Waals surface area contributed by atoms with Gasteiger partial charge in [-0.2, -0.15) is 5.10 Å². The number of carbonyl (C=O) groups excluding carboxylic acids is 1. The van der Waals surface area contributed by atoms with Gasteiger partial charge in [0.25, 0.3) is 11.6 Å². The third-order valence-electron chi connectivity index (χ3n) is 3.08. The number of nitro groups is 1. The predicted octanol–water partition coefficient (Wildman–Crippen LogP) is 1.30. The largest absolute Gasteiger partial charge is 0.388 e. The van der Waals surface area contributed by atoms with E-state index in [9.17, 15) is 14.9 Å². The fourth-order valence-corrected chi connectivity index (χ4v) is 1.87. The molecule has 0 bridgehead atoms. The maximum atomic E-state index is 12.2. The number of amides is 1. The summed E-state index contributed by atoms with van der Waals surface area (Å²) in [5.74, 6) is -0.500. The number of carbonyl (C=O) groups is 1. The second-order valence-corrected chi connectivity index (χ2v) is 4.37. The van der Waals surface area contributed by atoms with E-state index >= 15 is 0 Å². The molecule has 0 saturated carbocycles. The van der Waals surface area contributed by atoms with Crippen LogP contribution >= 0.6 is 0 Å². The van der Waals surface area contributed by atoms with E-state index in [0.717, 1.165) is 5.69 Å². The van der Waals surface area contributed by atoms with Gasteiger partial charge in [0, 0.05) is 32.0 Å². The summed E-state index contributed by atoms with van der Waals surface area (Å²) in [6.45, 7) is 0.246. The first kappa shape index (κ1) is 14.5. The Balaban J connectivity index is 2.21. The second kappa shape index (κ2) is 6.04. The number of nitrogens with zero attached hydrogens (tertiary/aromatic N) is 3. The van der Waals surface area contributed by atoms with E-state index in [1.807, 2.05) is 0 Å². The highest BCUT2D eigenvalue weighted by Crippen LogP contribution is 2.22. The molecule has 1 amide bonds. The third kappa shape index (κ3) is 3.16. The van der Waals surface area contributed by atoms with E-state index in [2.05, 4.69) is 15.7 Å². The number of aromatic nitrogens is 2. The fourth-order valence-electron chi connectivity index (χ4n) is 1.87. The number of rotatable bonds is 5. The van der Waals surface area contributed by atoms with Crippen LogP contribution in [0.4, 0.5) is 11.4 Å². The number of aryl methyl sites for hydroxylation is 1. The molecule has 1 aromatic carbocycles. The SMILES string of the molecule is CNc1ccc([N+](=O)[O-])c(C(=O)NCc2ccnn2C)c1. The number of anilines is 1. The summed E-state index contributed by atoms with van der Waals surface area (Å²) in [6, 6.07) is 6.08. The number of nitro benzene ring substituents is 1. The number of hydrogen-bond donors (Lipinski definition) is 2. The molecule has 2 aromatic rings. The summed E-state index contributed by atoms with van der Waals surface area (Å²) in [7, 11) is 3.43. The van der Waals surface area contributed by atoms with Crippen molar-refractivity contribution in [3.63, 3.8) is 0 Å². The molecule has 110 valence electrons. The monoisotopic (exact) mass is 289 g/mol. The molecule has 0 unspecified atom stereocenters. The summed E-state index contributed by atoms with van der Waals surface area (Å²) >= 11 is 0. The van der Waals surface area contributed by atoms with E-state index in [1.165, 1.54) is 12.1 Å². The van der Waals surface area contributed by atoms with E-state index in [4.69, 9.17) is 0 Å². The molecule has 2 N–H and O–H groups in total. The molecule has 0 spiro atoms. The van der Waals surface area contributed by atoms with Gasteiger partial charge in [0.2, 0.25) is 0 Å². The lowest BCUT2D eigenvalue weighted by Gasteiger charge is -2.08. The highest BCUT2D eigenvalue weighted by molar-refractivity contribution is 5.99. The van der Waals surface area contributed by atoms with Crippen LogP contribution in [0.5, 0.6) is 0 Å². The molecule has 21 heavy (non-hydrogen) atoms. The molecular weight excluding hydrogens is 274 g/mol. The zero-order valence-corrected chi connectivity index (χ0v) is 11.7. The van der Waals surface area contributed by atoms with Crippen LogP contribution in [0, 0.1) is 10.1 Å². The first-order chi connectivity index (χ1) is 10.0. The maximum absolute atomic E-state index is 12.2. The van der Waals surface area contributed by atoms with Gasteiger partial charge in [-0.3, -0.25) is 19.6 Å². The van der Waals surface area contributed by atoms with Crippen molar-refractivity contribution in [1.82, 2.24) is 15.1 Å². The van der Waals surface area contributed by atoms with Crippen molar-refractivity contribution in [1.29, 1.82) is 0 Å². The Labute approximate surface area is 120 Å². The molecule has 0 aliphatic heterocycles. The van der Waals surface area contributed by atoms with Gasteiger partial charge in [-0.25, -0.2) is 0 Å². The van der Waals surface area contributed by atoms with Crippen molar-refractivity contribution in [3.8, 4) is 0 Å². The molecule has 0 aliphatic rings. The van der Waals surface area contributed by atoms with Crippen LogP contribution in [0.2, 0.25) is 0 Å². The Morgan fingerprint density at radius 2 is 2.19 bits per heavy atom. The van der Waals surface area contributed by atoms with Crippen LogP contribution < -0.4 is 10.6 Å². The number of hydrogen-bond acceptors (Lipinski definition) is 5. The first-order valence-corrected chi connectivity index (χ1v) is 6.24. The van der Waals surface area contributed by atoms with Crippen LogP contribution in [0.15, 0.2) is 30.5 Å². The Bertz CT molecular complexity index is 680. The lowest BCUT2D eigenvalue weighted by atomic mass is 10.1. The highest BCUT2D eigenvalue weighted by atomic mass is 16.6. The van der Waals surface area contributed by atoms with E-state index in [0.29, 0.717) is 5.69 Å². The molecule has 8 heteroatoms. The summed E-state index contributed by atoms with van der Waals surface area (Å²) in [4.78, 5) is 22.6. The minimum atomic E-state index is -0.571. The zero-order chi connectivity index (χ0) is 15.4. The molecule has 2 rings (SSSR count). The molecule has 8 nitrogen and oxygen atoms in total. The lowest BCUT2D eigenvalue weighted by molar-refractivity contribution is -0.385. The van der Waals surface area contributed by atoms with Crippen molar-refractivity contribution in [2.24, 2.45) is 7.05 Å². The van der Waals surface area contributed by atoms with Crippen molar-refractivity contribution in [2.75, 3.05) is 12.4 Å². The van der Waals surface area contributed by atoms with Gasteiger partial charge >= 0.3 is 0 Å². The zero-order valence-electron chi connectivity index (χ0n) is 11.7. The molecular formula is C13H15N5O3. The fraction of sp³-hybridized carbons (Fsp3) is 0.231. The van der Waals surface area contributed by atoms with Crippen LogP contribution in [0.3, 0.4) is 0 Å². The average Bonchev–Trinajstić information content (AvgIpc) is 2.89. The van der Waals surface area contributed by atoms with Crippen LogP contribution in [0.1, 0.15) is 16.1 Å². The van der Waals surface area contributed by atoms with Crippen molar-refractivity contribution >= 4 is 17.3 Å². The molecule has 0 radical (unpaired) electrons. The van der Waals surface area contributed by atoms with Gasteiger partial charge in [0.1, 0.15) is 5.56 Å². The molecule has 1 aromatic heterocycles. The summed E-state index contributed by atoms with van der Waals surface area (Å²) in [6.07, 6.45) is 1.62. The average molecular weight is 289 g/mol. The second-order valence-electron chi connectivity index (χ2n) is 4.37. The third-order valence-corrected chi connectivity index (χ3v) is 3.08. The Kier molecular flexibility index (Phi) is 4.17. The Morgan fingerprint density at radius 3 is 2.76 bits per heavy atom. The summed E-state index contributed by atoms with van der Waals surface area (Å²) < 4.78 is 1.62. The van der Waals surface area contributed by atoms with Crippen LogP contribution in [-0.2, 0) is 13.6 Å². The van der Waals surface area contributed by atoms with Gasteiger partial charge in [0.05, 0.1) is 17.2 Å². The van der Waals surface area contributed by atoms with E-state index in [-0.39, 0.29) is 17.8 Å². The summed E-state index contributed by atoms with van der Waals surface area (Å²) in [5, 5.41) is 20.5. The van der Waals surface area contributed by atoms with Crippen LogP contribution in [0.25, 0.3) is 0 Å². The van der Waals surface area contributed by atoms with Gasteiger partial charge < -0.3 is 10.6 Å². The minimum absolute atomic E-state index is 0.0222. The van der Waals surface area contributed by atoms with Crippen molar-refractivity contribution in [3.05, 3.63) is 51.8 Å². The highest BCUT2D eigenvalue weighted by Gasteiger charge is 2.20. The van der Waals surface area contributed by atoms with E-state index < -0.39 is 10.8 Å². The Hall–Kier alpha value is -2.90. The summed E-state index contributed by atoms with van der Waals surface area (Å²) in [5.41, 5.74) is 1.23.